The predicted molar refractivity (Wildman–Crippen MR) is 93.5 cm³/mol. The molecule has 1 amide bonds. The van der Waals surface area contributed by atoms with Crippen LogP contribution < -0.4 is 10.1 Å². The molecule has 2 aromatic carbocycles. The summed E-state index contributed by atoms with van der Waals surface area (Å²) in [4.78, 5) is 15.4. The first kappa shape index (κ1) is 15.4. The molecule has 3 aromatic rings. The van der Waals surface area contributed by atoms with E-state index in [1.807, 2.05) is 36.4 Å². The average Bonchev–Trinajstić information content (AvgIpc) is 3.00. The van der Waals surface area contributed by atoms with E-state index in [0.717, 1.165) is 23.1 Å². The van der Waals surface area contributed by atoms with Crippen molar-refractivity contribution < 1.29 is 9.53 Å². The first-order chi connectivity index (χ1) is 11.2. The third-order valence-electron chi connectivity index (χ3n) is 3.44. The largest absolute Gasteiger partial charge is 0.494 e. The lowest BCUT2D eigenvalue weighted by Gasteiger charge is -2.07. The van der Waals surface area contributed by atoms with Crippen LogP contribution in [0.25, 0.3) is 10.9 Å². The van der Waals surface area contributed by atoms with Gasteiger partial charge in [0.05, 0.1) is 17.1 Å². The minimum atomic E-state index is -0.209. The van der Waals surface area contributed by atoms with Crippen molar-refractivity contribution in [2.45, 2.75) is 13.3 Å². The molecule has 3 rings (SSSR count). The second-order valence-electron chi connectivity index (χ2n) is 5.21. The van der Waals surface area contributed by atoms with Crippen molar-refractivity contribution in [3.8, 4) is 5.75 Å². The van der Waals surface area contributed by atoms with Gasteiger partial charge in [-0.1, -0.05) is 30.7 Å². The number of nitrogens with one attached hydrogen (secondary N) is 2. The smallest absolute Gasteiger partial charge is 0.272 e. The highest BCUT2D eigenvalue weighted by Crippen LogP contribution is 2.24. The van der Waals surface area contributed by atoms with Crippen LogP contribution in [0.2, 0.25) is 5.02 Å². The summed E-state index contributed by atoms with van der Waals surface area (Å²) in [6, 6.07) is 14.7. The third kappa shape index (κ3) is 3.48. The molecule has 0 unspecified atom stereocenters. The van der Waals surface area contributed by atoms with Gasteiger partial charge in [0.15, 0.2) is 0 Å². The van der Waals surface area contributed by atoms with Crippen LogP contribution in [0.4, 0.5) is 5.69 Å². The monoisotopic (exact) mass is 328 g/mol. The molecule has 23 heavy (non-hydrogen) atoms. The van der Waals surface area contributed by atoms with Crippen molar-refractivity contribution in [1.29, 1.82) is 0 Å². The minimum absolute atomic E-state index is 0.209. The van der Waals surface area contributed by atoms with E-state index in [2.05, 4.69) is 17.2 Å². The maximum atomic E-state index is 12.3. The highest BCUT2D eigenvalue weighted by atomic mass is 35.5. The Labute approximate surface area is 139 Å². The zero-order chi connectivity index (χ0) is 16.2. The van der Waals surface area contributed by atoms with Gasteiger partial charge in [-0.05, 0) is 42.8 Å². The van der Waals surface area contributed by atoms with Crippen molar-refractivity contribution in [2.75, 3.05) is 11.9 Å². The summed E-state index contributed by atoms with van der Waals surface area (Å²) < 4.78 is 5.52. The number of carbonyl (C=O) groups is 1. The molecule has 1 heterocycles. The Balaban J connectivity index is 1.73. The Hall–Kier alpha value is -2.46. The van der Waals surface area contributed by atoms with Gasteiger partial charge in [0.1, 0.15) is 11.4 Å². The topological polar surface area (TPSA) is 54.1 Å². The molecule has 0 aliphatic heterocycles. The number of hydrogen-bond acceptors (Lipinski definition) is 2. The number of aromatic nitrogens is 1. The van der Waals surface area contributed by atoms with Crippen LogP contribution in [0.15, 0.2) is 48.5 Å². The molecular weight excluding hydrogens is 312 g/mol. The number of fused-ring (bicyclic) bond motifs is 1. The number of halogens is 1. The summed E-state index contributed by atoms with van der Waals surface area (Å²) in [6.07, 6.45) is 0.960. The Kier molecular flexibility index (Phi) is 4.53. The van der Waals surface area contributed by atoms with E-state index in [0.29, 0.717) is 23.0 Å². The van der Waals surface area contributed by atoms with Crippen molar-refractivity contribution in [1.82, 2.24) is 4.98 Å². The van der Waals surface area contributed by atoms with E-state index in [-0.39, 0.29) is 5.91 Å². The fourth-order valence-corrected chi connectivity index (χ4v) is 2.52. The van der Waals surface area contributed by atoms with Crippen LogP contribution in [0.1, 0.15) is 23.8 Å². The number of H-pyrrole nitrogens is 1. The van der Waals surface area contributed by atoms with E-state index in [1.165, 1.54) is 0 Å². The Morgan fingerprint density at radius 3 is 2.70 bits per heavy atom. The molecule has 4 nitrogen and oxygen atoms in total. The van der Waals surface area contributed by atoms with Crippen molar-refractivity contribution >= 4 is 34.1 Å². The molecular formula is C18H17ClN2O2. The Bertz CT molecular complexity index is 825. The molecule has 0 fully saturated rings. The van der Waals surface area contributed by atoms with Gasteiger partial charge in [-0.2, -0.15) is 0 Å². The van der Waals surface area contributed by atoms with E-state index < -0.39 is 0 Å². The van der Waals surface area contributed by atoms with Gasteiger partial charge in [0.25, 0.3) is 5.91 Å². The molecule has 0 aliphatic carbocycles. The summed E-state index contributed by atoms with van der Waals surface area (Å²) in [5, 5.41) is 4.36. The highest BCUT2D eigenvalue weighted by molar-refractivity contribution is 6.35. The molecule has 118 valence electrons. The molecule has 0 atom stereocenters. The van der Waals surface area contributed by atoms with Crippen LogP contribution in [0.5, 0.6) is 5.75 Å². The van der Waals surface area contributed by atoms with E-state index in [1.54, 1.807) is 12.1 Å². The zero-order valence-corrected chi connectivity index (χ0v) is 13.5. The van der Waals surface area contributed by atoms with Gasteiger partial charge in [-0.15, -0.1) is 0 Å². The third-order valence-corrected chi connectivity index (χ3v) is 3.75. The Morgan fingerprint density at radius 2 is 2.00 bits per heavy atom. The second kappa shape index (κ2) is 6.75. The van der Waals surface area contributed by atoms with E-state index in [9.17, 15) is 4.79 Å². The Morgan fingerprint density at radius 1 is 1.22 bits per heavy atom. The van der Waals surface area contributed by atoms with Gasteiger partial charge in [-0.25, -0.2) is 0 Å². The first-order valence-corrected chi connectivity index (χ1v) is 7.86. The summed E-state index contributed by atoms with van der Waals surface area (Å²) in [5.41, 5.74) is 1.95. The molecule has 0 bridgehead atoms. The second-order valence-corrected chi connectivity index (χ2v) is 5.62. The molecule has 5 heteroatoms. The minimum Gasteiger partial charge on any atom is -0.494 e. The molecule has 0 spiro atoms. The molecule has 0 radical (unpaired) electrons. The normalized spacial score (nSPS) is 10.7. The summed E-state index contributed by atoms with van der Waals surface area (Å²) >= 11 is 6.12. The number of rotatable bonds is 5. The van der Waals surface area contributed by atoms with E-state index in [4.69, 9.17) is 16.3 Å². The van der Waals surface area contributed by atoms with Crippen LogP contribution in [-0.2, 0) is 0 Å². The lowest BCUT2D eigenvalue weighted by Crippen LogP contribution is -2.12. The number of hydrogen-bond donors (Lipinski definition) is 2. The van der Waals surface area contributed by atoms with Crippen molar-refractivity contribution in [2.24, 2.45) is 0 Å². The number of para-hydroxylation sites is 1. The quantitative estimate of drug-likeness (QED) is 0.702. The predicted octanol–water partition coefficient (Wildman–Crippen LogP) is 4.86. The number of ether oxygens (including phenoxy) is 1. The highest BCUT2D eigenvalue weighted by Gasteiger charge is 2.11. The lowest BCUT2D eigenvalue weighted by molar-refractivity contribution is 0.102. The number of carbonyl (C=O) groups excluding carboxylic acids is 1. The maximum Gasteiger partial charge on any atom is 0.272 e. The maximum absolute atomic E-state index is 12.3. The van der Waals surface area contributed by atoms with Crippen LogP contribution >= 0.6 is 11.6 Å². The van der Waals surface area contributed by atoms with Crippen LogP contribution in [0.3, 0.4) is 0 Å². The lowest BCUT2D eigenvalue weighted by atomic mass is 10.2. The number of benzene rings is 2. The van der Waals surface area contributed by atoms with Gasteiger partial charge in [0, 0.05) is 11.1 Å². The van der Waals surface area contributed by atoms with Gasteiger partial charge in [-0.3, -0.25) is 4.79 Å². The number of aromatic amines is 1. The standard InChI is InChI=1S/C18H17ClN2O2/c1-2-10-23-14-8-6-13(7-9-14)20-18(22)16-11-12-4-3-5-15(19)17(12)21-16/h3-9,11,21H,2,10H2,1H3,(H,20,22). The average molecular weight is 329 g/mol. The SMILES string of the molecule is CCCOc1ccc(NC(=O)c2cc3cccc(Cl)c3[nH]2)cc1. The van der Waals surface area contributed by atoms with Gasteiger partial charge >= 0.3 is 0 Å². The van der Waals surface area contributed by atoms with Crippen molar-refractivity contribution in [3.63, 3.8) is 0 Å². The summed E-state index contributed by atoms with van der Waals surface area (Å²) in [7, 11) is 0. The summed E-state index contributed by atoms with van der Waals surface area (Å²) in [6.45, 7) is 2.74. The molecule has 0 saturated carbocycles. The van der Waals surface area contributed by atoms with Crippen LogP contribution in [0, 0.1) is 0 Å². The number of amides is 1. The van der Waals surface area contributed by atoms with E-state index >= 15 is 0 Å². The first-order valence-electron chi connectivity index (χ1n) is 7.49. The zero-order valence-electron chi connectivity index (χ0n) is 12.7. The fraction of sp³-hybridized carbons (Fsp3) is 0.167. The van der Waals surface area contributed by atoms with Crippen molar-refractivity contribution in [3.05, 3.63) is 59.2 Å². The molecule has 0 aliphatic rings. The molecule has 0 saturated heterocycles. The molecule has 1 aromatic heterocycles. The molecule has 2 N–H and O–H groups in total. The summed E-state index contributed by atoms with van der Waals surface area (Å²) in [5.74, 6) is 0.585. The number of anilines is 1. The fourth-order valence-electron chi connectivity index (χ4n) is 2.29. The van der Waals surface area contributed by atoms with Crippen LogP contribution in [-0.4, -0.2) is 17.5 Å². The van der Waals surface area contributed by atoms with Gasteiger partial charge < -0.3 is 15.0 Å². The van der Waals surface area contributed by atoms with Gasteiger partial charge in [0.2, 0.25) is 0 Å².